The van der Waals surface area contributed by atoms with E-state index in [9.17, 15) is 4.79 Å². The molecule has 1 saturated carbocycles. The van der Waals surface area contributed by atoms with Crippen LogP contribution in [0.15, 0.2) is 30.3 Å². The van der Waals surface area contributed by atoms with Crippen LogP contribution in [-0.2, 0) is 9.53 Å². The summed E-state index contributed by atoms with van der Waals surface area (Å²) in [6.07, 6.45) is 10.9. The van der Waals surface area contributed by atoms with Gasteiger partial charge in [0.2, 0.25) is 5.91 Å². The average Bonchev–Trinajstić information content (AvgIpc) is 2.61. The Hall–Kier alpha value is -1.81. The van der Waals surface area contributed by atoms with Gasteiger partial charge in [0.15, 0.2) is 0 Å². The zero-order chi connectivity index (χ0) is 16.3. The second-order valence-electron chi connectivity index (χ2n) is 5.89. The van der Waals surface area contributed by atoms with Crippen molar-refractivity contribution in [1.82, 2.24) is 5.32 Å². The molecular formula is C19H27NO3. The maximum Gasteiger partial charge on any atom is 0.244 e. The lowest BCUT2D eigenvalue weighted by molar-refractivity contribution is -0.116. The molecule has 1 aliphatic rings. The predicted molar refractivity (Wildman–Crippen MR) is 92.5 cm³/mol. The summed E-state index contributed by atoms with van der Waals surface area (Å²) < 4.78 is 11.0. The first-order valence-electron chi connectivity index (χ1n) is 8.49. The smallest absolute Gasteiger partial charge is 0.244 e. The first kappa shape index (κ1) is 17.5. The van der Waals surface area contributed by atoms with Crippen LogP contribution < -0.4 is 10.1 Å². The summed E-state index contributed by atoms with van der Waals surface area (Å²) in [7, 11) is 1.63. The van der Waals surface area contributed by atoms with Gasteiger partial charge in [0.25, 0.3) is 0 Å². The standard InChI is InChI=1S/C19H27NO3/c1-22-18-10-5-7-16(15-18)11-12-19(21)20-13-6-14-23-17-8-3-2-4-9-17/h5,7,10-12,15,17H,2-4,6,8-9,13-14H2,1H3,(H,20,21)/b12-11+. The van der Waals surface area contributed by atoms with E-state index < -0.39 is 0 Å². The Morgan fingerprint density at radius 2 is 2.13 bits per heavy atom. The normalized spacial score (nSPS) is 15.7. The predicted octanol–water partition coefficient (Wildman–Crippen LogP) is 3.56. The molecule has 1 aromatic rings. The van der Waals surface area contributed by atoms with Gasteiger partial charge in [-0.15, -0.1) is 0 Å². The highest BCUT2D eigenvalue weighted by Crippen LogP contribution is 2.20. The van der Waals surface area contributed by atoms with Crippen molar-refractivity contribution in [2.75, 3.05) is 20.3 Å². The Kier molecular flexibility index (Phi) is 7.67. The van der Waals surface area contributed by atoms with Gasteiger partial charge in [-0.25, -0.2) is 0 Å². The molecule has 0 atom stereocenters. The summed E-state index contributed by atoms with van der Waals surface area (Å²) in [6, 6.07) is 7.61. The number of hydrogen-bond acceptors (Lipinski definition) is 3. The van der Waals surface area contributed by atoms with Crippen LogP contribution in [0.3, 0.4) is 0 Å². The van der Waals surface area contributed by atoms with Crippen LogP contribution in [0, 0.1) is 0 Å². The van der Waals surface area contributed by atoms with Crippen molar-refractivity contribution in [2.45, 2.75) is 44.6 Å². The van der Waals surface area contributed by atoms with E-state index in [0.717, 1.165) is 24.3 Å². The summed E-state index contributed by atoms with van der Waals surface area (Å²) >= 11 is 0. The molecule has 23 heavy (non-hydrogen) atoms. The quantitative estimate of drug-likeness (QED) is 0.589. The average molecular weight is 317 g/mol. The van der Waals surface area contributed by atoms with E-state index in [2.05, 4.69) is 5.32 Å². The SMILES string of the molecule is COc1cccc(/C=C/C(=O)NCCCOC2CCCCC2)c1. The van der Waals surface area contributed by atoms with Gasteiger partial charge < -0.3 is 14.8 Å². The molecule has 1 amide bonds. The van der Waals surface area contributed by atoms with Gasteiger partial charge in [-0.2, -0.15) is 0 Å². The van der Waals surface area contributed by atoms with Crippen LogP contribution in [0.2, 0.25) is 0 Å². The monoisotopic (exact) mass is 317 g/mol. The minimum Gasteiger partial charge on any atom is -0.497 e. The molecule has 0 heterocycles. The van der Waals surface area contributed by atoms with E-state index in [1.165, 1.54) is 32.1 Å². The molecule has 4 nitrogen and oxygen atoms in total. The van der Waals surface area contributed by atoms with Crippen molar-refractivity contribution in [3.05, 3.63) is 35.9 Å². The van der Waals surface area contributed by atoms with Crippen LogP contribution in [0.4, 0.5) is 0 Å². The molecule has 4 heteroatoms. The molecule has 0 saturated heterocycles. The Balaban J connectivity index is 1.59. The number of nitrogens with one attached hydrogen (secondary N) is 1. The number of carbonyl (C=O) groups excluding carboxylic acids is 1. The van der Waals surface area contributed by atoms with E-state index in [-0.39, 0.29) is 5.91 Å². The summed E-state index contributed by atoms with van der Waals surface area (Å²) in [4.78, 5) is 11.8. The summed E-state index contributed by atoms with van der Waals surface area (Å²) in [5.41, 5.74) is 0.945. The first-order valence-corrected chi connectivity index (χ1v) is 8.49. The molecular weight excluding hydrogens is 290 g/mol. The summed E-state index contributed by atoms with van der Waals surface area (Å²) in [5, 5.41) is 2.88. The van der Waals surface area contributed by atoms with Crippen molar-refractivity contribution in [2.24, 2.45) is 0 Å². The van der Waals surface area contributed by atoms with Gasteiger partial charge >= 0.3 is 0 Å². The second-order valence-corrected chi connectivity index (χ2v) is 5.89. The van der Waals surface area contributed by atoms with Gasteiger partial charge in [-0.3, -0.25) is 4.79 Å². The highest BCUT2D eigenvalue weighted by atomic mass is 16.5. The lowest BCUT2D eigenvalue weighted by Gasteiger charge is -2.21. The van der Waals surface area contributed by atoms with Crippen molar-refractivity contribution in [1.29, 1.82) is 0 Å². The minimum atomic E-state index is -0.0783. The third kappa shape index (κ3) is 6.87. The molecule has 1 fully saturated rings. The second kappa shape index (κ2) is 10.1. The highest BCUT2D eigenvalue weighted by Gasteiger charge is 2.12. The molecule has 0 spiro atoms. The largest absolute Gasteiger partial charge is 0.497 e. The molecule has 1 aromatic carbocycles. The highest BCUT2D eigenvalue weighted by molar-refractivity contribution is 5.91. The molecule has 126 valence electrons. The number of ether oxygens (including phenoxy) is 2. The number of carbonyl (C=O) groups is 1. The zero-order valence-corrected chi connectivity index (χ0v) is 13.9. The van der Waals surface area contributed by atoms with Crippen molar-refractivity contribution >= 4 is 12.0 Å². The number of amides is 1. The lowest BCUT2D eigenvalue weighted by atomic mass is 9.98. The van der Waals surface area contributed by atoms with Gasteiger partial charge in [-0.1, -0.05) is 31.4 Å². The summed E-state index contributed by atoms with van der Waals surface area (Å²) in [6.45, 7) is 1.37. The Bertz CT molecular complexity index is 507. The van der Waals surface area contributed by atoms with Crippen LogP contribution in [0.5, 0.6) is 5.75 Å². The fourth-order valence-corrected chi connectivity index (χ4v) is 2.74. The lowest BCUT2D eigenvalue weighted by Crippen LogP contribution is -2.24. The van der Waals surface area contributed by atoms with Gasteiger partial charge in [0.1, 0.15) is 5.75 Å². The van der Waals surface area contributed by atoms with E-state index in [0.29, 0.717) is 12.6 Å². The van der Waals surface area contributed by atoms with E-state index in [1.807, 2.05) is 24.3 Å². The van der Waals surface area contributed by atoms with Crippen molar-refractivity contribution in [3.63, 3.8) is 0 Å². The Morgan fingerprint density at radius 1 is 1.30 bits per heavy atom. The molecule has 0 radical (unpaired) electrons. The van der Waals surface area contributed by atoms with Gasteiger partial charge in [0.05, 0.1) is 13.2 Å². The van der Waals surface area contributed by atoms with E-state index in [4.69, 9.17) is 9.47 Å². The molecule has 1 N–H and O–H groups in total. The topological polar surface area (TPSA) is 47.6 Å². The van der Waals surface area contributed by atoms with Crippen LogP contribution in [-0.4, -0.2) is 32.3 Å². The Labute approximate surface area is 138 Å². The number of hydrogen-bond donors (Lipinski definition) is 1. The van der Waals surface area contributed by atoms with E-state index >= 15 is 0 Å². The molecule has 2 rings (SSSR count). The molecule has 0 unspecified atom stereocenters. The maximum absolute atomic E-state index is 11.8. The third-order valence-corrected chi connectivity index (χ3v) is 4.05. The third-order valence-electron chi connectivity index (χ3n) is 4.05. The molecule has 0 aromatic heterocycles. The molecule has 1 aliphatic carbocycles. The molecule has 0 aliphatic heterocycles. The zero-order valence-electron chi connectivity index (χ0n) is 13.9. The van der Waals surface area contributed by atoms with Gasteiger partial charge in [0, 0.05) is 19.2 Å². The maximum atomic E-state index is 11.8. The Morgan fingerprint density at radius 3 is 2.91 bits per heavy atom. The van der Waals surface area contributed by atoms with Crippen LogP contribution in [0.25, 0.3) is 6.08 Å². The fraction of sp³-hybridized carbons (Fsp3) is 0.526. The van der Waals surface area contributed by atoms with Crippen molar-refractivity contribution < 1.29 is 14.3 Å². The number of rotatable bonds is 8. The molecule has 0 bridgehead atoms. The van der Waals surface area contributed by atoms with Gasteiger partial charge in [-0.05, 0) is 43.0 Å². The van der Waals surface area contributed by atoms with Crippen LogP contribution in [0.1, 0.15) is 44.1 Å². The first-order chi connectivity index (χ1) is 11.3. The number of methoxy groups -OCH3 is 1. The fourth-order valence-electron chi connectivity index (χ4n) is 2.74. The minimum absolute atomic E-state index is 0.0783. The van der Waals surface area contributed by atoms with Crippen LogP contribution >= 0.6 is 0 Å². The van der Waals surface area contributed by atoms with E-state index in [1.54, 1.807) is 19.3 Å². The van der Waals surface area contributed by atoms with Crippen molar-refractivity contribution in [3.8, 4) is 5.75 Å². The number of benzene rings is 1. The summed E-state index contributed by atoms with van der Waals surface area (Å²) in [5.74, 6) is 0.706.